The summed E-state index contributed by atoms with van der Waals surface area (Å²) in [5.74, 6) is -1.82. The first kappa shape index (κ1) is 19.4. The van der Waals surface area contributed by atoms with Crippen LogP contribution in [0.2, 0.25) is 0 Å². The van der Waals surface area contributed by atoms with Crippen LogP contribution in [0.25, 0.3) is 0 Å². The van der Waals surface area contributed by atoms with Gasteiger partial charge in [0.15, 0.2) is 5.41 Å². The van der Waals surface area contributed by atoms with Crippen LogP contribution in [0, 0.1) is 11.3 Å². The predicted molar refractivity (Wildman–Crippen MR) is 79.6 cm³/mol. The highest BCUT2D eigenvalue weighted by molar-refractivity contribution is 6.00. The molecule has 0 aromatic rings. The average molecular weight is 298 g/mol. The Bertz CT molecular complexity index is 370. The van der Waals surface area contributed by atoms with Crippen molar-refractivity contribution in [3.8, 4) is 0 Å². The van der Waals surface area contributed by atoms with Gasteiger partial charge in [-0.1, -0.05) is 25.8 Å². The lowest BCUT2D eigenvalue weighted by Gasteiger charge is -2.32. The van der Waals surface area contributed by atoms with Gasteiger partial charge in [-0.2, -0.15) is 0 Å². The number of unbranched alkanes of at least 4 members (excludes halogenated alkanes) is 1. The van der Waals surface area contributed by atoms with Crippen molar-refractivity contribution in [2.75, 3.05) is 14.2 Å². The van der Waals surface area contributed by atoms with Crippen molar-refractivity contribution < 1.29 is 23.9 Å². The van der Waals surface area contributed by atoms with Gasteiger partial charge in [0.25, 0.3) is 0 Å². The van der Waals surface area contributed by atoms with Crippen LogP contribution in [0.3, 0.4) is 0 Å². The zero-order valence-corrected chi connectivity index (χ0v) is 13.4. The molecule has 0 amide bonds. The minimum absolute atomic E-state index is 0.0508. The minimum atomic E-state index is -1.46. The summed E-state index contributed by atoms with van der Waals surface area (Å²) < 4.78 is 9.54. The molecule has 0 bridgehead atoms. The Hall–Kier alpha value is -1.65. The number of ketones is 1. The lowest BCUT2D eigenvalue weighted by molar-refractivity contribution is -0.172. The van der Waals surface area contributed by atoms with Crippen LogP contribution in [-0.2, 0) is 23.9 Å². The molecule has 1 unspecified atom stereocenters. The van der Waals surface area contributed by atoms with Gasteiger partial charge in [-0.25, -0.2) is 0 Å². The standard InChI is InChI=1S/C16H26O5/c1-6-8-10-12(11-13(17)9-7-2)16(3,14(18)20-4)15(19)21-5/h7,12H,2,6,8-11H2,1,3-5H3. The van der Waals surface area contributed by atoms with E-state index in [1.54, 1.807) is 0 Å². The third kappa shape index (κ3) is 4.99. The maximum Gasteiger partial charge on any atom is 0.323 e. The van der Waals surface area contributed by atoms with E-state index in [0.29, 0.717) is 6.42 Å². The van der Waals surface area contributed by atoms with Gasteiger partial charge in [-0.15, -0.1) is 6.58 Å². The molecule has 0 saturated heterocycles. The fourth-order valence-corrected chi connectivity index (χ4v) is 2.41. The highest BCUT2D eigenvalue weighted by Gasteiger charge is 2.50. The number of carbonyl (C=O) groups is 3. The molecular formula is C16H26O5. The SMILES string of the molecule is C=CCC(=O)CC(CCCC)C(C)(C(=O)OC)C(=O)OC. The number of Topliss-reactive ketones (excluding diaryl/α,β-unsaturated/α-hetero) is 1. The number of ether oxygens (including phenoxy) is 2. The van der Waals surface area contributed by atoms with Crippen LogP contribution in [0.1, 0.15) is 46.0 Å². The summed E-state index contributed by atoms with van der Waals surface area (Å²) in [5, 5.41) is 0. The van der Waals surface area contributed by atoms with E-state index < -0.39 is 23.3 Å². The minimum Gasteiger partial charge on any atom is -0.468 e. The van der Waals surface area contributed by atoms with Crippen molar-refractivity contribution in [2.45, 2.75) is 46.0 Å². The fraction of sp³-hybridized carbons (Fsp3) is 0.688. The summed E-state index contributed by atoms with van der Waals surface area (Å²) in [6.07, 6.45) is 4.18. The molecule has 5 nitrogen and oxygen atoms in total. The molecule has 0 aliphatic heterocycles. The number of esters is 2. The van der Waals surface area contributed by atoms with Gasteiger partial charge in [0.1, 0.15) is 5.78 Å². The smallest absolute Gasteiger partial charge is 0.323 e. The van der Waals surface area contributed by atoms with Gasteiger partial charge < -0.3 is 9.47 Å². The van der Waals surface area contributed by atoms with Crippen LogP contribution < -0.4 is 0 Å². The molecule has 0 aromatic carbocycles. The largest absolute Gasteiger partial charge is 0.468 e. The van der Waals surface area contributed by atoms with E-state index in [0.717, 1.165) is 12.8 Å². The summed E-state index contributed by atoms with van der Waals surface area (Å²) >= 11 is 0. The quantitative estimate of drug-likeness (QED) is 0.352. The number of carbonyl (C=O) groups excluding carboxylic acids is 3. The van der Waals surface area contributed by atoms with Gasteiger partial charge in [0, 0.05) is 12.8 Å². The van der Waals surface area contributed by atoms with Gasteiger partial charge in [-0.05, 0) is 19.3 Å². The first-order chi connectivity index (χ1) is 9.88. The van der Waals surface area contributed by atoms with Gasteiger partial charge >= 0.3 is 11.9 Å². The van der Waals surface area contributed by atoms with Crippen molar-refractivity contribution in [2.24, 2.45) is 11.3 Å². The summed E-state index contributed by atoms with van der Waals surface area (Å²) in [4.78, 5) is 36.2. The second kappa shape index (κ2) is 9.32. The molecule has 120 valence electrons. The number of hydrogen-bond acceptors (Lipinski definition) is 5. The second-order valence-electron chi connectivity index (χ2n) is 5.26. The summed E-state index contributed by atoms with van der Waals surface area (Å²) in [6.45, 7) is 7.03. The normalized spacial score (nSPS) is 12.4. The Morgan fingerprint density at radius 3 is 2.10 bits per heavy atom. The van der Waals surface area contributed by atoms with E-state index in [1.807, 2.05) is 6.92 Å². The molecule has 5 heteroatoms. The Kier molecular flexibility index (Phi) is 8.58. The number of hydrogen-bond donors (Lipinski definition) is 0. The maximum atomic E-state index is 12.1. The lowest BCUT2D eigenvalue weighted by atomic mass is 9.72. The van der Waals surface area contributed by atoms with Gasteiger partial charge in [0.05, 0.1) is 14.2 Å². The van der Waals surface area contributed by atoms with Crippen LogP contribution in [0.15, 0.2) is 12.7 Å². The Morgan fingerprint density at radius 2 is 1.71 bits per heavy atom. The first-order valence-corrected chi connectivity index (χ1v) is 7.17. The lowest BCUT2D eigenvalue weighted by Crippen LogP contribution is -2.45. The number of methoxy groups -OCH3 is 2. The van der Waals surface area contributed by atoms with E-state index in [4.69, 9.17) is 9.47 Å². The number of rotatable bonds is 10. The first-order valence-electron chi connectivity index (χ1n) is 7.17. The Labute approximate surface area is 126 Å². The zero-order chi connectivity index (χ0) is 16.5. The Morgan fingerprint density at radius 1 is 1.19 bits per heavy atom. The monoisotopic (exact) mass is 298 g/mol. The zero-order valence-electron chi connectivity index (χ0n) is 13.4. The van der Waals surface area contributed by atoms with E-state index in [-0.39, 0.29) is 18.6 Å². The van der Waals surface area contributed by atoms with Crippen LogP contribution in [0.4, 0.5) is 0 Å². The predicted octanol–water partition coefficient (Wildman–Crippen LogP) is 2.68. The molecule has 0 aliphatic carbocycles. The molecule has 0 aliphatic rings. The van der Waals surface area contributed by atoms with E-state index >= 15 is 0 Å². The third-order valence-electron chi connectivity index (χ3n) is 3.79. The molecule has 21 heavy (non-hydrogen) atoms. The Balaban J connectivity index is 5.45. The van der Waals surface area contributed by atoms with Crippen molar-refractivity contribution in [1.82, 2.24) is 0 Å². The molecular weight excluding hydrogens is 272 g/mol. The number of allylic oxidation sites excluding steroid dienone is 1. The van der Waals surface area contributed by atoms with Crippen molar-refractivity contribution in [3.63, 3.8) is 0 Å². The summed E-state index contributed by atoms with van der Waals surface area (Å²) in [6, 6.07) is 0. The van der Waals surface area contributed by atoms with Gasteiger partial charge in [0.2, 0.25) is 0 Å². The molecule has 0 spiro atoms. The van der Waals surface area contributed by atoms with Gasteiger partial charge in [-0.3, -0.25) is 14.4 Å². The molecule has 0 heterocycles. The maximum absolute atomic E-state index is 12.1. The van der Waals surface area contributed by atoms with E-state index in [2.05, 4.69) is 6.58 Å². The van der Waals surface area contributed by atoms with E-state index in [1.165, 1.54) is 27.2 Å². The molecule has 0 radical (unpaired) electrons. The van der Waals surface area contributed by atoms with Crippen molar-refractivity contribution >= 4 is 17.7 Å². The molecule has 0 fully saturated rings. The second-order valence-corrected chi connectivity index (χ2v) is 5.26. The topological polar surface area (TPSA) is 69.7 Å². The molecule has 0 rings (SSSR count). The molecule has 1 atom stereocenters. The van der Waals surface area contributed by atoms with Crippen LogP contribution >= 0.6 is 0 Å². The molecule has 0 saturated carbocycles. The molecule has 0 aromatic heterocycles. The van der Waals surface area contributed by atoms with Crippen molar-refractivity contribution in [1.29, 1.82) is 0 Å². The summed E-state index contributed by atoms with van der Waals surface area (Å²) in [5.41, 5.74) is -1.46. The average Bonchev–Trinajstić information content (AvgIpc) is 2.48. The van der Waals surface area contributed by atoms with Crippen LogP contribution in [-0.4, -0.2) is 31.9 Å². The fourth-order valence-electron chi connectivity index (χ4n) is 2.41. The van der Waals surface area contributed by atoms with Crippen molar-refractivity contribution in [3.05, 3.63) is 12.7 Å². The highest BCUT2D eigenvalue weighted by atomic mass is 16.5. The van der Waals surface area contributed by atoms with E-state index in [9.17, 15) is 14.4 Å². The highest BCUT2D eigenvalue weighted by Crippen LogP contribution is 2.37. The van der Waals surface area contributed by atoms with Crippen LogP contribution in [0.5, 0.6) is 0 Å². The molecule has 0 N–H and O–H groups in total. The summed E-state index contributed by atoms with van der Waals surface area (Å²) in [7, 11) is 2.46. The third-order valence-corrected chi connectivity index (χ3v) is 3.79.